The maximum absolute atomic E-state index is 9.30. The van der Waals surface area contributed by atoms with Gasteiger partial charge in [0.05, 0.1) is 12.7 Å². The summed E-state index contributed by atoms with van der Waals surface area (Å²) in [6.07, 6.45) is -0.101. The minimum absolute atomic E-state index is 0.0293. The molecule has 1 saturated heterocycles. The molecule has 1 heterocycles. The number of aliphatic hydroxyl groups excluding tert-OH is 1. The van der Waals surface area contributed by atoms with Gasteiger partial charge in [0, 0.05) is 12.6 Å². The number of hydrogen-bond acceptors (Lipinski definition) is 3. The standard InChI is InChI=1S/C16H25NO2/c1-11(2)13-5-7-14(8-6-13)16-17(12(3)4)9-15(10-18)19-16/h5-8,11-12,15-16,18H,9-10H2,1-4H3. The lowest BCUT2D eigenvalue weighted by atomic mass is 10.0. The fourth-order valence-corrected chi connectivity index (χ4v) is 2.53. The Hall–Kier alpha value is -0.900. The van der Waals surface area contributed by atoms with Crippen LogP contribution < -0.4 is 0 Å². The van der Waals surface area contributed by atoms with Gasteiger partial charge < -0.3 is 9.84 Å². The molecular weight excluding hydrogens is 238 g/mol. The normalized spacial score (nSPS) is 24.6. The molecule has 1 fully saturated rings. The van der Waals surface area contributed by atoms with E-state index in [1.807, 2.05) is 0 Å². The van der Waals surface area contributed by atoms with Crippen LogP contribution in [0, 0.1) is 0 Å². The molecule has 2 unspecified atom stereocenters. The Morgan fingerprint density at radius 2 is 1.84 bits per heavy atom. The predicted octanol–water partition coefficient (Wildman–Crippen LogP) is 2.91. The Morgan fingerprint density at radius 3 is 2.32 bits per heavy atom. The van der Waals surface area contributed by atoms with E-state index in [2.05, 4.69) is 56.9 Å². The van der Waals surface area contributed by atoms with Crippen LogP contribution in [-0.4, -0.2) is 35.3 Å². The maximum Gasteiger partial charge on any atom is 0.137 e. The minimum Gasteiger partial charge on any atom is -0.394 e. The number of hydrogen-bond donors (Lipinski definition) is 1. The molecule has 2 atom stereocenters. The van der Waals surface area contributed by atoms with E-state index < -0.39 is 0 Å². The van der Waals surface area contributed by atoms with Gasteiger partial charge in [-0.1, -0.05) is 38.1 Å². The summed E-state index contributed by atoms with van der Waals surface area (Å²) < 4.78 is 5.95. The molecule has 1 aromatic rings. The van der Waals surface area contributed by atoms with Crippen LogP contribution in [0.3, 0.4) is 0 Å². The Morgan fingerprint density at radius 1 is 1.21 bits per heavy atom. The summed E-state index contributed by atoms with van der Waals surface area (Å²) in [6.45, 7) is 9.61. The first-order valence-electron chi connectivity index (χ1n) is 7.14. The Labute approximate surface area is 116 Å². The van der Waals surface area contributed by atoms with Crippen LogP contribution in [0.1, 0.15) is 51.0 Å². The molecule has 0 bridgehead atoms. The highest BCUT2D eigenvalue weighted by Crippen LogP contribution is 2.32. The van der Waals surface area contributed by atoms with E-state index in [1.165, 1.54) is 11.1 Å². The zero-order chi connectivity index (χ0) is 14.0. The fraction of sp³-hybridized carbons (Fsp3) is 0.625. The van der Waals surface area contributed by atoms with Crippen LogP contribution in [0.15, 0.2) is 24.3 Å². The maximum atomic E-state index is 9.30. The van der Waals surface area contributed by atoms with E-state index in [0.29, 0.717) is 12.0 Å². The summed E-state index contributed by atoms with van der Waals surface area (Å²) in [5.74, 6) is 0.546. The van der Waals surface area contributed by atoms with E-state index in [0.717, 1.165) is 6.54 Å². The average Bonchev–Trinajstić information content (AvgIpc) is 2.83. The summed E-state index contributed by atoms with van der Waals surface area (Å²) in [5, 5.41) is 9.30. The lowest BCUT2D eigenvalue weighted by Gasteiger charge is -2.26. The molecule has 0 saturated carbocycles. The topological polar surface area (TPSA) is 32.7 Å². The van der Waals surface area contributed by atoms with Crippen LogP contribution in [0.4, 0.5) is 0 Å². The molecular formula is C16H25NO2. The number of benzene rings is 1. The summed E-state index contributed by atoms with van der Waals surface area (Å²) >= 11 is 0. The van der Waals surface area contributed by atoms with Gasteiger partial charge in [0.2, 0.25) is 0 Å². The van der Waals surface area contributed by atoms with Crippen molar-refractivity contribution in [2.24, 2.45) is 0 Å². The molecule has 3 nitrogen and oxygen atoms in total. The minimum atomic E-state index is -0.0721. The van der Waals surface area contributed by atoms with Crippen molar-refractivity contribution in [3.05, 3.63) is 35.4 Å². The van der Waals surface area contributed by atoms with Crippen molar-refractivity contribution in [1.29, 1.82) is 0 Å². The van der Waals surface area contributed by atoms with Crippen molar-refractivity contribution in [2.45, 2.75) is 52.0 Å². The zero-order valence-electron chi connectivity index (χ0n) is 12.3. The first kappa shape index (κ1) is 14.5. The zero-order valence-corrected chi connectivity index (χ0v) is 12.3. The van der Waals surface area contributed by atoms with Crippen LogP contribution in [0.5, 0.6) is 0 Å². The smallest absolute Gasteiger partial charge is 0.137 e. The molecule has 19 heavy (non-hydrogen) atoms. The third-order valence-corrected chi connectivity index (χ3v) is 3.79. The van der Waals surface area contributed by atoms with E-state index in [1.54, 1.807) is 0 Å². The second-order valence-corrected chi connectivity index (χ2v) is 5.90. The number of ether oxygens (including phenoxy) is 1. The highest BCUT2D eigenvalue weighted by Gasteiger charge is 2.34. The van der Waals surface area contributed by atoms with Gasteiger partial charge in [0.15, 0.2) is 0 Å². The second kappa shape index (κ2) is 6.04. The molecule has 1 aliphatic heterocycles. The van der Waals surface area contributed by atoms with Gasteiger partial charge in [0.25, 0.3) is 0 Å². The van der Waals surface area contributed by atoms with Crippen LogP contribution in [-0.2, 0) is 4.74 Å². The molecule has 2 rings (SSSR count). The SMILES string of the molecule is CC(C)c1ccc(C2OC(CO)CN2C(C)C)cc1. The van der Waals surface area contributed by atoms with Crippen molar-refractivity contribution in [1.82, 2.24) is 4.90 Å². The van der Waals surface area contributed by atoms with Crippen LogP contribution in [0.25, 0.3) is 0 Å². The van der Waals surface area contributed by atoms with Gasteiger partial charge in [-0.15, -0.1) is 0 Å². The van der Waals surface area contributed by atoms with Crippen molar-refractivity contribution >= 4 is 0 Å². The first-order chi connectivity index (χ1) is 9.02. The second-order valence-electron chi connectivity index (χ2n) is 5.90. The monoisotopic (exact) mass is 263 g/mol. The molecule has 0 aromatic heterocycles. The van der Waals surface area contributed by atoms with Gasteiger partial charge in [-0.05, 0) is 30.9 Å². The van der Waals surface area contributed by atoms with Crippen molar-refractivity contribution in [3.63, 3.8) is 0 Å². The molecule has 3 heteroatoms. The molecule has 0 amide bonds. The van der Waals surface area contributed by atoms with Gasteiger partial charge in [0.1, 0.15) is 6.23 Å². The lowest BCUT2D eigenvalue weighted by Crippen LogP contribution is -2.32. The van der Waals surface area contributed by atoms with Gasteiger partial charge in [-0.25, -0.2) is 0 Å². The highest BCUT2D eigenvalue weighted by molar-refractivity contribution is 5.26. The molecule has 1 aliphatic rings. The van der Waals surface area contributed by atoms with E-state index >= 15 is 0 Å². The summed E-state index contributed by atoms with van der Waals surface area (Å²) in [6, 6.07) is 9.05. The number of nitrogens with zero attached hydrogens (tertiary/aromatic N) is 1. The molecule has 0 spiro atoms. The van der Waals surface area contributed by atoms with E-state index in [4.69, 9.17) is 4.74 Å². The van der Waals surface area contributed by atoms with E-state index in [9.17, 15) is 5.11 Å². The van der Waals surface area contributed by atoms with Crippen molar-refractivity contribution in [3.8, 4) is 0 Å². The average molecular weight is 263 g/mol. The summed E-state index contributed by atoms with van der Waals surface area (Å²) in [7, 11) is 0. The molecule has 1 N–H and O–H groups in total. The molecule has 106 valence electrons. The quantitative estimate of drug-likeness (QED) is 0.906. The highest BCUT2D eigenvalue weighted by atomic mass is 16.5. The summed E-state index contributed by atoms with van der Waals surface area (Å²) in [4.78, 5) is 2.30. The fourth-order valence-electron chi connectivity index (χ4n) is 2.53. The molecule has 0 radical (unpaired) electrons. The lowest BCUT2D eigenvalue weighted by molar-refractivity contribution is -0.0266. The van der Waals surface area contributed by atoms with Gasteiger partial charge in [-0.2, -0.15) is 0 Å². The van der Waals surface area contributed by atoms with Crippen LogP contribution in [0.2, 0.25) is 0 Å². The third-order valence-electron chi connectivity index (χ3n) is 3.79. The Kier molecular flexibility index (Phi) is 4.61. The number of aliphatic hydroxyl groups is 1. The predicted molar refractivity (Wildman–Crippen MR) is 77.1 cm³/mol. The van der Waals surface area contributed by atoms with Gasteiger partial charge >= 0.3 is 0 Å². The summed E-state index contributed by atoms with van der Waals surface area (Å²) in [5.41, 5.74) is 2.52. The van der Waals surface area contributed by atoms with Crippen LogP contribution >= 0.6 is 0 Å². The van der Waals surface area contributed by atoms with Gasteiger partial charge in [-0.3, -0.25) is 4.90 Å². The largest absolute Gasteiger partial charge is 0.394 e. The third kappa shape index (κ3) is 3.16. The molecule has 0 aliphatic carbocycles. The molecule has 1 aromatic carbocycles. The first-order valence-corrected chi connectivity index (χ1v) is 7.14. The number of rotatable bonds is 4. The Bertz CT molecular complexity index is 400. The Balaban J connectivity index is 2.19. The van der Waals surface area contributed by atoms with E-state index in [-0.39, 0.29) is 18.9 Å². The van der Waals surface area contributed by atoms with Crippen molar-refractivity contribution in [2.75, 3.05) is 13.2 Å². The van der Waals surface area contributed by atoms with Crippen molar-refractivity contribution < 1.29 is 9.84 Å².